The lowest BCUT2D eigenvalue weighted by molar-refractivity contribution is -0.116. The van der Waals surface area contributed by atoms with Gasteiger partial charge in [-0.15, -0.1) is 11.3 Å². The van der Waals surface area contributed by atoms with Gasteiger partial charge in [-0.3, -0.25) is 4.79 Å². The van der Waals surface area contributed by atoms with E-state index < -0.39 is 10.0 Å². The first kappa shape index (κ1) is 21.9. The van der Waals surface area contributed by atoms with Crippen LogP contribution < -0.4 is 19.5 Å². The Hall–Kier alpha value is -2.95. The second-order valence-corrected chi connectivity index (χ2v) is 10.6. The standard InChI is InChI=1S/C23H23N3O5S2/c27-22(9-10-24-33(28,29)18-7-5-15-3-1-2-4-16(15)11-18)26-23-25-19(13-32-23)17-6-8-20-21(12-17)31-14-30-20/h5-8,11-13,24H,1-4,9-10,14H2,(H,25,26,27). The van der Waals surface area contributed by atoms with Crippen LogP contribution >= 0.6 is 11.3 Å². The summed E-state index contributed by atoms with van der Waals surface area (Å²) in [6.07, 6.45) is 4.13. The first-order valence-electron chi connectivity index (χ1n) is 10.7. The van der Waals surface area contributed by atoms with Gasteiger partial charge in [0.15, 0.2) is 16.6 Å². The number of nitrogens with one attached hydrogen (secondary N) is 2. The molecule has 33 heavy (non-hydrogen) atoms. The maximum atomic E-state index is 12.6. The molecule has 3 aromatic rings. The molecule has 172 valence electrons. The highest BCUT2D eigenvalue weighted by molar-refractivity contribution is 7.89. The van der Waals surface area contributed by atoms with Crippen LogP contribution in [-0.2, 0) is 27.7 Å². The molecule has 1 aliphatic carbocycles. The molecule has 8 nitrogen and oxygen atoms in total. The van der Waals surface area contributed by atoms with Crippen molar-refractivity contribution in [2.45, 2.75) is 37.0 Å². The zero-order valence-electron chi connectivity index (χ0n) is 17.8. The minimum absolute atomic E-state index is 0.00308. The summed E-state index contributed by atoms with van der Waals surface area (Å²) in [6.45, 7) is 0.207. The fourth-order valence-corrected chi connectivity index (χ4v) is 5.78. The Kier molecular flexibility index (Phi) is 6.05. The van der Waals surface area contributed by atoms with Gasteiger partial charge in [-0.1, -0.05) is 6.07 Å². The number of hydrogen-bond acceptors (Lipinski definition) is 7. The number of nitrogens with zero attached hydrogens (tertiary/aromatic N) is 1. The van der Waals surface area contributed by atoms with Gasteiger partial charge in [0.2, 0.25) is 22.7 Å². The van der Waals surface area contributed by atoms with Crippen molar-refractivity contribution in [3.63, 3.8) is 0 Å². The lowest BCUT2D eigenvalue weighted by Gasteiger charge is -2.16. The third-order valence-corrected chi connectivity index (χ3v) is 7.91. The van der Waals surface area contributed by atoms with E-state index in [4.69, 9.17) is 9.47 Å². The summed E-state index contributed by atoms with van der Waals surface area (Å²) >= 11 is 1.30. The summed E-state index contributed by atoms with van der Waals surface area (Å²) in [5.41, 5.74) is 3.89. The monoisotopic (exact) mass is 485 g/mol. The maximum Gasteiger partial charge on any atom is 0.240 e. The fourth-order valence-electron chi connectivity index (χ4n) is 3.96. The zero-order valence-corrected chi connectivity index (χ0v) is 19.4. The molecule has 0 atom stereocenters. The first-order chi connectivity index (χ1) is 16.0. The molecule has 0 radical (unpaired) electrons. The number of ether oxygens (including phenoxy) is 2. The zero-order chi connectivity index (χ0) is 22.8. The molecule has 0 saturated heterocycles. The Labute approximate surface area is 196 Å². The van der Waals surface area contributed by atoms with Gasteiger partial charge in [0, 0.05) is 23.9 Å². The summed E-state index contributed by atoms with van der Waals surface area (Å²) in [6, 6.07) is 10.8. The van der Waals surface area contributed by atoms with Crippen molar-refractivity contribution in [2.75, 3.05) is 18.7 Å². The van der Waals surface area contributed by atoms with E-state index in [1.54, 1.807) is 12.1 Å². The van der Waals surface area contributed by atoms with Crippen LogP contribution in [0, 0.1) is 0 Å². The number of carbonyl (C=O) groups is 1. The quantitative estimate of drug-likeness (QED) is 0.528. The molecular weight excluding hydrogens is 462 g/mol. The van der Waals surface area contributed by atoms with Crippen molar-refractivity contribution in [2.24, 2.45) is 0 Å². The molecule has 2 aromatic carbocycles. The van der Waals surface area contributed by atoms with Crippen LogP contribution in [0.4, 0.5) is 5.13 Å². The van der Waals surface area contributed by atoms with Crippen molar-refractivity contribution in [3.8, 4) is 22.8 Å². The number of amides is 1. The van der Waals surface area contributed by atoms with Gasteiger partial charge in [-0.25, -0.2) is 18.1 Å². The average Bonchev–Trinajstić information content (AvgIpc) is 3.47. The molecule has 1 aromatic heterocycles. The molecule has 1 aliphatic heterocycles. The van der Waals surface area contributed by atoms with E-state index in [-0.39, 0.29) is 30.6 Å². The minimum atomic E-state index is -3.66. The summed E-state index contributed by atoms with van der Waals surface area (Å²) in [5, 5.41) is 5.02. The van der Waals surface area contributed by atoms with Crippen LogP contribution in [0.3, 0.4) is 0 Å². The normalized spacial score (nSPS) is 14.7. The van der Waals surface area contributed by atoms with E-state index in [1.807, 2.05) is 29.6 Å². The summed E-state index contributed by atoms with van der Waals surface area (Å²) in [5.74, 6) is 1.05. The predicted molar refractivity (Wildman–Crippen MR) is 125 cm³/mol. The molecular formula is C23H23N3O5S2. The number of aromatic nitrogens is 1. The topological polar surface area (TPSA) is 107 Å². The van der Waals surface area contributed by atoms with Crippen molar-refractivity contribution in [3.05, 3.63) is 52.9 Å². The highest BCUT2D eigenvalue weighted by Crippen LogP contribution is 2.36. The Morgan fingerprint density at radius 1 is 1.03 bits per heavy atom. The summed E-state index contributed by atoms with van der Waals surface area (Å²) in [4.78, 5) is 17.0. The lowest BCUT2D eigenvalue weighted by atomic mass is 9.92. The third kappa shape index (κ3) is 4.87. The number of rotatable bonds is 7. The molecule has 0 spiro atoms. The Balaban J connectivity index is 1.15. The number of sulfonamides is 1. The van der Waals surface area contributed by atoms with Crippen LogP contribution in [0.5, 0.6) is 11.5 Å². The number of anilines is 1. The van der Waals surface area contributed by atoms with Crippen LogP contribution in [0.15, 0.2) is 46.7 Å². The van der Waals surface area contributed by atoms with Gasteiger partial charge >= 0.3 is 0 Å². The molecule has 2 heterocycles. The van der Waals surface area contributed by atoms with Crippen LogP contribution in [0.25, 0.3) is 11.3 Å². The highest BCUT2D eigenvalue weighted by atomic mass is 32.2. The smallest absolute Gasteiger partial charge is 0.240 e. The van der Waals surface area contributed by atoms with Gasteiger partial charge in [0.05, 0.1) is 10.6 Å². The molecule has 2 N–H and O–H groups in total. The highest BCUT2D eigenvalue weighted by Gasteiger charge is 2.19. The number of fused-ring (bicyclic) bond motifs is 2. The van der Waals surface area contributed by atoms with Crippen LogP contribution in [-0.4, -0.2) is 32.6 Å². The molecule has 1 amide bonds. The molecule has 5 rings (SSSR count). The summed E-state index contributed by atoms with van der Waals surface area (Å²) < 4.78 is 38.5. The number of carbonyl (C=O) groups excluding carboxylic acids is 1. The molecule has 0 saturated carbocycles. The van der Waals surface area contributed by atoms with Crippen molar-refractivity contribution in [1.29, 1.82) is 0 Å². The Morgan fingerprint density at radius 3 is 2.73 bits per heavy atom. The molecule has 0 fully saturated rings. The SMILES string of the molecule is O=C(CCNS(=O)(=O)c1ccc2c(c1)CCCC2)Nc1nc(-c2ccc3c(c2)OCO3)cs1. The maximum absolute atomic E-state index is 12.6. The van der Waals surface area contributed by atoms with E-state index in [9.17, 15) is 13.2 Å². The number of benzene rings is 2. The van der Waals surface area contributed by atoms with Gasteiger partial charge in [0.1, 0.15) is 0 Å². The van der Waals surface area contributed by atoms with E-state index in [1.165, 1.54) is 16.9 Å². The van der Waals surface area contributed by atoms with E-state index in [0.717, 1.165) is 36.8 Å². The second kappa shape index (κ2) is 9.12. The predicted octanol–water partition coefficient (Wildman–Crippen LogP) is 3.72. The molecule has 0 bridgehead atoms. The van der Waals surface area contributed by atoms with Crippen molar-refractivity contribution >= 4 is 32.4 Å². The average molecular weight is 486 g/mol. The number of thiazole rings is 1. The fraction of sp³-hybridized carbons (Fsp3) is 0.304. The molecule has 0 unspecified atom stereocenters. The van der Waals surface area contributed by atoms with Crippen LogP contribution in [0.1, 0.15) is 30.4 Å². The molecule has 2 aliphatic rings. The van der Waals surface area contributed by atoms with Gasteiger partial charge < -0.3 is 14.8 Å². The van der Waals surface area contributed by atoms with Crippen molar-refractivity contribution < 1.29 is 22.7 Å². The second-order valence-electron chi connectivity index (χ2n) is 7.94. The van der Waals surface area contributed by atoms with Crippen molar-refractivity contribution in [1.82, 2.24) is 9.71 Å². The summed E-state index contributed by atoms with van der Waals surface area (Å²) in [7, 11) is -3.66. The lowest BCUT2D eigenvalue weighted by Crippen LogP contribution is -2.28. The Bertz CT molecular complexity index is 1300. The van der Waals surface area contributed by atoms with E-state index >= 15 is 0 Å². The minimum Gasteiger partial charge on any atom is -0.454 e. The first-order valence-corrected chi connectivity index (χ1v) is 13.1. The van der Waals surface area contributed by atoms with E-state index in [2.05, 4.69) is 15.0 Å². The van der Waals surface area contributed by atoms with Gasteiger partial charge in [0.25, 0.3) is 0 Å². The molecule has 10 heteroatoms. The van der Waals surface area contributed by atoms with Crippen LogP contribution in [0.2, 0.25) is 0 Å². The number of hydrogen-bond donors (Lipinski definition) is 2. The third-order valence-electron chi connectivity index (χ3n) is 5.69. The number of aryl methyl sites for hydroxylation is 2. The Morgan fingerprint density at radius 2 is 1.85 bits per heavy atom. The largest absolute Gasteiger partial charge is 0.454 e. The van der Waals surface area contributed by atoms with Gasteiger partial charge in [-0.05, 0) is 67.1 Å². The van der Waals surface area contributed by atoms with E-state index in [0.29, 0.717) is 22.3 Å². The van der Waals surface area contributed by atoms with Gasteiger partial charge in [-0.2, -0.15) is 0 Å².